The van der Waals surface area contributed by atoms with E-state index in [9.17, 15) is 15.0 Å². The molecule has 2 aliphatic heterocycles. The molecule has 19 heteroatoms. The zero-order valence-corrected chi connectivity index (χ0v) is 45.9. The number of imidazole rings is 2. The number of ether oxygens (including phenoxy) is 1. The Morgan fingerprint density at radius 1 is 0.671 bits per heavy atom. The summed E-state index contributed by atoms with van der Waals surface area (Å²) >= 11 is 20.2. The van der Waals surface area contributed by atoms with Gasteiger partial charge >= 0.3 is 6.09 Å². The van der Waals surface area contributed by atoms with Crippen molar-refractivity contribution in [3.63, 3.8) is 0 Å². The number of piperazine rings is 2. The molecule has 4 aliphatic rings. The first kappa shape index (κ1) is 62.0. The topological polar surface area (TPSA) is 150 Å². The number of carbonyl (C=O) groups is 1. The summed E-state index contributed by atoms with van der Waals surface area (Å²) in [6.07, 6.45) is 14.2. The van der Waals surface area contributed by atoms with Crippen molar-refractivity contribution >= 4 is 84.5 Å². The van der Waals surface area contributed by atoms with Gasteiger partial charge in [0.25, 0.3) is 1.45 Å². The highest BCUT2D eigenvalue weighted by atomic mass is 79.9. The normalized spacial score (nSPS) is 18.8. The number of aliphatic hydroxyl groups is 2. The lowest BCUT2D eigenvalue weighted by atomic mass is 9.84. The van der Waals surface area contributed by atoms with Crippen LogP contribution in [0.2, 0.25) is 10.0 Å². The fraction of sp³-hybridized carbons (Fsp3) is 0.421. The Hall–Kier alpha value is -4.82. The predicted octanol–water partition coefficient (Wildman–Crippen LogP) is 12.3. The monoisotopic (exact) mass is 1210 g/mol. The van der Waals surface area contributed by atoms with E-state index in [1.807, 2.05) is 99.6 Å². The maximum absolute atomic E-state index is 12.7. The maximum atomic E-state index is 12.7. The molecule has 2 aromatic carbocycles. The summed E-state index contributed by atoms with van der Waals surface area (Å²) in [7, 11) is 3.76. The molecule has 412 valence electrons. The number of amides is 1. The smallest absolute Gasteiger partial charge is 0.410 e. The molecule has 3 N–H and O–H groups in total. The second kappa shape index (κ2) is 25.3. The molecule has 14 nitrogen and oxygen atoms in total. The van der Waals surface area contributed by atoms with Gasteiger partial charge in [0.05, 0.1) is 59.9 Å². The van der Waals surface area contributed by atoms with Gasteiger partial charge in [0.15, 0.2) is 0 Å². The maximum Gasteiger partial charge on any atom is 0.410 e. The van der Waals surface area contributed by atoms with Gasteiger partial charge in [-0.2, -0.15) is 0 Å². The van der Waals surface area contributed by atoms with Crippen LogP contribution in [0.1, 0.15) is 133 Å². The summed E-state index contributed by atoms with van der Waals surface area (Å²) in [5, 5.41) is 28.6. The standard InChI is InChI=1S/C29H33BrClN5O3.C24H25BrClN5O.4CH4.FH/c1-28(2,3)39-27(37)36-10-8-35(9-11-36)26-21-7-6-20(31)14-22(21)23(13-18-12-19(30)15-33-25(18)26)29(4,38)24-16-32-17-34(24)5;1-24(32,21-13-28-14-30(21)2)20-10-15-9-16(25)12-29-22(15)23(31-7-5-27-6-8-31)18-4-3-17(26)11-19(18)20;;;;;/h6-7,12-17,26,38H,8-11H2,1-5H3;3-4,9-14,23,27,32H,5-8H2,1-2H3;4*1H4;1H/t26-,29?;23-,24?;;;;;/m00...../s1/i/hT. The fourth-order valence-corrected chi connectivity index (χ4v) is 11.3. The van der Waals surface area contributed by atoms with Gasteiger partial charge in [-0.3, -0.25) is 24.5 Å². The molecular formula is C57H75Br2Cl2FN10O4. The average molecular weight is 1220 g/mol. The second-order valence-electron chi connectivity index (χ2n) is 19.9. The first-order valence-electron chi connectivity index (χ1n) is 24.0. The molecule has 2 unspecified atom stereocenters. The Labute approximate surface area is 477 Å². The van der Waals surface area contributed by atoms with Crippen LogP contribution in [0.4, 0.5) is 9.51 Å². The molecule has 6 aromatic rings. The molecule has 4 aromatic heterocycles. The highest BCUT2D eigenvalue weighted by Crippen LogP contribution is 2.49. The SMILES string of the molecule is C.C.C.C.Cn1cncc1C(C)(O)C1=Cc2cc(Br)cnc2[C@@H](N2CCN(C(=O)OC(C)(C)C)CC2)c2ccc(Cl)cc21.Cn1cncc1C(C)(O)C1=Cc2cc(Br)cnc2[C@@H](N2CCNCC2)c2ccc(Cl)cc21.[3H]F. The highest BCUT2D eigenvalue weighted by Gasteiger charge is 2.41. The number of pyridine rings is 2. The van der Waals surface area contributed by atoms with Crippen LogP contribution in [-0.4, -0.2) is 119 Å². The molecular weight excluding hydrogens is 1140 g/mol. The van der Waals surface area contributed by atoms with Crippen LogP contribution in [0.15, 0.2) is 94.9 Å². The number of carbonyl (C=O) groups excluding carboxylic acids is 1. The number of nitrogens with zero attached hydrogens (tertiary/aromatic N) is 9. The number of aryl methyl sites for hydroxylation is 2. The van der Waals surface area contributed by atoms with Gasteiger partial charge in [0, 0.05) is 97.8 Å². The van der Waals surface area contributed by atoms with Crippen molar-refractivity contribution < 1.29 is 24.5 Å². The van der Waals surface area contributed by atoms with Crippen LogP contribution in [0.3, 0.4) is 0 Å². The number of rotatable bonds is 6. The van der Waals surface area contributed by atoms with Crippen LogP contribution in [0.5, 0.6) is 0 Å². The van der Waals surface area contributed by atoms with E-state index in [-0.39, 0.29) is 47.9 Å². The second-order valence-corrected chi connectivity index (χ2v) is 22.6. The lowest BCUT2D eigenvalue weighted by molar-refractivity contribution is 0.0117. The lowest BCUT2D eigenvalue weighted by Crippen LogP contribution is -2.51. The molecule has 0 bridgehead atoms. The van der Waals surface area contributed by atoms with Crippen LogP contribution in [0, 0.1) is 0 Å². The van der Waals surface area contributed by atoms with E-state index in [0.717, 1.165) is 85.5 Å². The largest absolute Gasteiger partial charge is 0.444 e. The molecule has 6 heterocycles. The van der Waals surface area contributed by atoms with Gasteiger partial charge in [-0.05, 0) is 160 Å². The molecule has 2 aliphatic carbocycles. The summed E-state index contributed by atoms with van der Waals surface area (Å²) in [5.74, 6) is 0. The predicted molar refractivity (Wildman–Crippen MR) is 315 cm³/mol. The van der Waals surface area contributed by atoms with Crippen molar-refractivity contribution in [2.24, 2.45) is 14.1 Å². The van der Waals surface area contributed by atoms with E-state index in [1.54, 1.807) is 43.1 Å². The van der Waals surface area contributed by atoms with E-state index in [0.29, 0.717) is 53.2 Å². The van der Waals surface area contributed by atoms with E-state index in [2.05, 4.69) is 76.6 Å². The summed E-state index contributed by atoms with van der Waals surface area (Å²) in [5.41, 5.74) is 7.26. The van der Waals surface area contributed by atoms with Crippen molar-refractivity contribution in [2.45, 2.75) is 93.2 Å². The molecule has 1 amide bonds. The van der Waals surface area contributed by atoms with Crippen LogP contribution < -0.4 is 5.32 Å². The third-order valence-electron chi connectivity index (χ3n) is 13.7. The molecule has 2 fully saturated rings. The van der Waals surface area contributed by atoms with Crippen molar-refractivity contribution in [1.29, 1.82) is 1.45 Å². The molecule has 2 saturated heterocycles. The number of halogens is 5. The number of aromatic nitrogens is 6. The average Bonchev–Trinajstić information content (AvgIpc) is 3.94. The Balaban J connectivity index is 0.000000311. The van der Waals surface area contributed by atoms with E-state index >= 15 is 0 Å². The zero-order valence-electron chi connectivity index (χ0n) is 42.2. The van der Waals surface area contributed by atoms with Crippen LogP contribution in [0.25, 0.3) is 23.3 Å². The fourth-order valence-electron chi connectivity index (χ4n) is 10.3. The third kappa shape index (κ3) is 12.9. The van der Waals surface area contributed by atoms with Crippen molar-refractivity contribution in [2.75, 3.05) is 52.4 Å². The van der Waals surface area contributed by atoms with Crippen molar-refractivity contribution in [3.8, 4) is 0 Å². The molecule has 10 rings (SSSR count). The number of fused-ring (bicyclic) bond motifs is 4. The molecule has 0 saturated carbocycles. The van der Waals surface area contributed by atoms with Gasteiger partial charge in [0.2, 0.25) is 0 Å². The summed E-state index contributed by atoms with van der Waals surface area (Å²) in [6.45, 7) is 15.3. The number of hydrogen-bond acceptors (Lipinski definition) is 11. The first-order valence-corrected chi connectivity index (χ1v) is 26.0. The molecule has 76 heavy (non-hydrogen) atoms. The van der Waals surface area contributed by atoms with Gasteiger partial charge in [-0.1, -0.05) is 65.0 Å². The zero-order chi connectivity index (χ0) is 52.6. The van der Waals surface area contributed by atoms with E-state index in [1.165, 1.54) is 0 Å². The Kier molecular flexibility index (Phi) is 20.7. The van der Waals surface area contributed by atoms with Gasteiger partial charge < -0.3 is 34.3 Å². The number of hydrogen-bond donors (Lipinski definition) is 3. The van der Waals surface area contributed by atoms with E-state index in [4.69, 9.17) is 42.6 Å². The summed E-state index contributed by atoms with van der Waals surface area (Å²) in [4.78, 5) is 37.5. The minimum absolute atomic E-state index is 0. The Bertz CT molecular complexity index is 3060. The molecule has 0 radical (unpaired) electrons. The quantitative estimate of drug-likeness (QED) is 0.146. The van der Waals surface area contributed by atoms with Gasteiger partial charge in [-0.25, -0.2) is 14.8 Å². The minimum Gasteiger partial charge on any atom is -0.444 e. The minimum atomic E-state index is -1.37. The molecule has 4 atom stereocenters. The van der Waals surface area contributed by atoms with E-state index < -0.39 is 16.8 Å². The summed E-state index contributed by atoms with van der Waals surface area (Å²) < 4.78 is 24.0. The Morgan fingerprint density at radius 2 is 1.08 bits per heavy atom. The van der Waals surface area contributed by atoms with Gasteiger partial charge in [0.1, 0.15) is 16.8 Å². The van der Waals surface area contributed by atoms with Crippen LogP contribution in [-0.2, 0) is 30.0 Å². The highest BCUT2D eigenvalue weighted by molar-refractivity contribution is 9.10. The first-order chi connectivity index (χ1) is 34.7. The number of benzene rings is 2. The Morgan fingerprint density at radius 3 is 1.46 bits per heavy atom. The molecule has 0 spiro atoms. The number of nitrogens with one attached hydrogen (secondary N) is 1. The van der Waals surface area contributed by atoms with Crippen molar-refractivity contribution in [1.82, 2.24) is 49.1 Å². The summed E-state index contributed by atoms with van der Waals surface area (Å²) in [6, 6.07) is 15.6. The third-order valence-corrected chi connectivity index (χ3v) is 15.0. The lowest BCUT2D eigenvalue weighted by Gasteiger charge is -2.40. The van der Waals surface area contributed by atoms with Crippen LogP contribution >= 0.6 is 55.1 Å². The van der Waals surface area contributed by atoms with Crippen molar-refractivity contribution in [3.05, 3.63) is 161 Å². The van der Waals surface area contributed by atoms with Gasteiger partial charge in [-0.15, -0.1) is 0 Å².